The topological polar surface area (TPSA) is 36.9 Å². The molecular weight excluding hydrogens is 243 g/mol. The summed E-state index contributed by atoms with van der Waals surface area (Å²) in [4.78, 5) is 0. The standard InChI is InChI=1S/C14H25BO4/c1-12(2)13(3,4)19-15(18-12)10-7-9(10)11-8-16-14(5,6)17-11/h9-11H,7-8H2,1-6H3/t9-,10-,11-/m1/s1. The van der Waals surface area contributed by atoms with E-state index < -0.39 is 5.79 Å². The molecule has 108 valence electrons. The fourth-order valence-corrected chi connectivity index (χ4v) is 2.97. The molecule has 1 saturated carbocycles. The second-order valence-corrected chi connectivity index (χ2v) is 7.56. The molecule has 0 aromatic heterocycles. The summed E-state index contributed by atoms with van der Waals surface area (Å²) in [5.74, 6) is 0.522. The highest BCUT2D eigenvalue weighted by atomic mass is 16.7. The fraction of sp³-hybridized carbons (Fsp3) is 1.00. The van der Waals surface area contributed by atoms with Crippen LogP contribution in [0, 0.1) is 5.92 Å². The van der Waals surface area contributed by atoms with Crippen molar-refractivity contribution in [2.24, 2.45) is 5.92 Å². The molecule has 3 aliphatic rings. The maximum absolute atomic E-state index is 6.11. The summed E-state index contributed by atoms with van der Waals surface area (Å²) in [6.45, 7) is 13.0. The van der Waals surface area contributed by atoms with Crippen LogP contribution in [0.5, 0.6) is 0 Å². The van der Waals surface area contributed by atoms with Crippen LogP contribution in [0.1, 0.15) is 48.0 Å². The lowest BCUT2D eigenvalue weighted by molar-refractivity contribution is -0.140. The molecule has 2 heterocycles. The molecule has 19 heavy (non-hydrogen) atoms. The van der Waals surface area contributed by atoms with Crippen LogP contribution in [0.4, 0.5) is 0 Å². The molecule has 0 unspecified atom stereocenters. The predicted octanol–water partition coefficient (Wildman–Crippen LogP) is 2.62. The summed E-state index contributed by atoms with van der Waals surface area (Å²) in [5.41, 5.74) is -0.478. The Morgan fingerprint density at radius 1 is 0.947 bits per heavy atom. The lowest BCUT2D eigenvalue weighted by Crippen LogP contribution is -2.41. The van der Waals surface area contributed by atoms with Crippen LogP contribution in [0.3, 0.4) is 0 Å². The van der Waals surface area contributed by atoms with E-state index in [1.54, 1.807) is 0 Å². The first-order valence-electron chi connectivity index (χ1n) is 7.29. The minimum Gasteiger partial charge on any atom is -0.403 e. The SMILES string of the molecule is CC1(C)OC[C@H]([C@@H]2C[C@H]2B2OC(C)(C)C(C)(C)O2)O1. The molecule has 0 aromatic carbocycles. The summed E-state index contributed by atoms with van der Waals surface area (Å²) in [7, 11) is -0.0951. The Morgan fingerprint density at radius 2 is 1.53 bits per heavy atom. The van der Waals surface area contributed by atoms with E-state index in [1.807, 2.05) is 13.8 Å². The van der Waals surface area contributed by atoms with Crippen LogP contribution >= 0.6 is 0 Å². The van der Waals surface area contributed by atoms with Crippen molar-refractivity contribution in [3.8, 4) is 0 Å². The molecule has 0 radical (unpaired) electrons. The van der Waals surface area contributed by atoms with Crippen molar-refractivity contribution in [3.05, 3.63) is 0 Å². The van der Waals surface area contributed by atoms with E-state index >= 15 is 0 Å². The molecule has 2 saturated heterocycles. The molecule has 0 amide bonds. The highest BCUT2D eigenvalue weighted by Crippen LogP contribution is 2.56. The summed E-state index contributed by atoms with van der Waals surface area (Å²) in [5, 5.41) is 0. The van der Waals surface area contributed by atoms with Gasteiger partial charge >= 0.3 is 7.12 Å². The van der Waals surface area contributed by atoms with Gasteiger partial charge in [-0.05, 0) is 59.7 Å². The molecule has 3 rings (SSSR count). The van der Waals surface area contributed by atoms with Crippen molar-refractivity contribution < 1.29 is 18.8 Å². The van der Waals surface area contributed by atoms with Crippen molar-refractivity contribution in [2.45, 2.75) is 76.9 Å². The van der Waals surface area contributed by atoms with Crippen molar-refractivity contribution in [2.75, 3.05) is 6.61 Å². The van der Waals surface area contributed by atoms with E-state index in [0.29, 0.717) is 18.3 Å². The van der Waals surface area contributed by atoms with Gasteiger partial charge in [0, 0.05) is 0 Å². The monoisotopic (exact) mass is 268 g/mol. The molecule has 0 aromatic rings. The molecule has 0 bridgehead atoms. The maximum Gasteiger partial charge on any atom is 0.461 e. The van der Waals surface area contributed by atoms with Gasteiger partial charge in [0.15, 0.2) is 5.79 Å². The van der Waals surface area contributed by atoms with Crippen molar-refractivity contribution in [1.82, 2.24) is 0 Å². The van der Waals surface area contributed by atoms with Crippen molar-refractivity contribution in [1.29, 1.82) is 0 Å². The van der Waals surface area contributed by atoms with Gasteiger partial charge in [0.05, 0.1) is 23.9 Å². The van der Waals surface area contributed by atoms with Gasteiger partial charge in [0.25, 0.3) is 0 Å². The number of rotatable bonds is 2. The molecule has 2 aliphatic heterocycles. The Bertz CT molecular complexity index is 364. The molecule has 0 spiro atoms. The van der Waals surface area contributed by atoms with Gasteiger partial charge in [0.1, 0.15) is 0 Å². The average molecular weight is 268 g/mol. The Kier molecular flexibility index (Phi) is 2.90. The van der Waals surface area contributed by atoms with Gasteiger partial charge in [0.2, 0.25) is 0 Å². The Labute approximate surface area is 116 Å². The third-order valence-electron chi connectivity index (χ3n) is 5.02. The zero-order chi connectivity index (χ0) is 14.1. The quantitative estimate of drug-likeness (QED) is 0.721. The first-order valence-corrected chi connectivity index (χ1v) is 7.29. The van der Waals surface area contributed by atoms with Gasteiger partial charge < -0.3 is 18.8 Å². The van der Waals surface area contributed by atoms with Gasteiger partial charge in [-0.1, -0.05) is 0 Å². The molecule has 4 nitrogen and oxygen atoms in total. The first-order chi connectivity index (χ1) is 8.61. The lowest BCUT2D eigenvalue weighted by atomic mass is 9.80. The highest BCUT2D eigenvalue weighted by Gasteiger charge is 2.62. The molecule has 3 fully saturated rings. The average Bonchev–Trinajstić information content (AvgIpc) is 2.90. The molecule has 0 N–H and O–H groups in total. The number of ether oxygens (including phenoxy) is 2. The molecular formula is C14H25BO4. The summed E-state index contributed by atoms with van der Waals surface area (Å²) < 4.78 is 23.8. The number of hydrogen-bond donors (Lipinski definition) is 0. The normalized spacial score (nSPS) is 42.6. The van der Waals surface area contributed by atoms with Crippen LogP contribution in [0.2, 0.25) is 5.82 Å². The van der Waals surface area contributed by atoms with E-state index in [9.17, 15) is 0 Å². The molecule has 3 atom stereocenters. The number of hydrogen-bond acceptors (Lipinski definition) is 4. The van der Waals surface area contributed by atoms with Crippen LogP contribution in [-0.4, -0.2) is 36.8 Å². The second-order valence-electron chi connectivity index (χ2n) is 7.56. The third kappa shape index (κ3) is 2.35. The minimum absolute atomic E-state index is 0.0951. The second kappa shape index (κ2) is 3.97. The van der Waals surface area contributed by atoms with Crippen LogP contribution in [0.15, 0.2) is 0 Å². The lowest BCUT2D eigenvalue weighted by Gasteiger charge is -2.32. The fourth-order valence-electron chi connectivity index (χ4n) is 2.97. The van der Waals surface area contributed by atoms with Crippen molar-refractivity contribution in [3.63, 3.8) is 0 Å². The van der Waals surface area contributed by atoms with E-state index in [-0.39, 0.29) is 24.4 Å². The van der Waals surface area contributed by atoms with E-state index in [2.05, 4.69) is 27.7 Å². The molecule has 1 aliphatic carbocycles. The molecule has 5 heteroatoms. The van der Waals surface area contributed by atoms with Gasteiger partial charge in [-0.15, -0.1) is 0 Å². The van der Waals surface area contributed by atoms with Crippen molar-refractivity contribution >= 4 is 7.12 Å². The Balaban J connectivity index is 1.60. The zero-order valence-corrected chi connectivity index (χ0v) is 12.9. The highest BCUT2D eigenvalue weighted by molar-refractivity contribution is 6.48. The zero-order valence-electron chi connectivity index (χ0n) is 12.9. The Morgan fingerprint density at radius 3 is 2.00 bits per heavy atom. The largest absolute Gasteiger partial charge is 0.461 e. The smallest absolute Gasteiger partial charge is 0.403 e. The summed E-state index contributed by atoms with van der Waals surface area (Å²) >= 11 is 0. The summed E-state index contributed by atoms with van der Waals surface area (Å²) in [6, 6.07) is 0. The van der Waals surface area contributed by atoms with Crippen LogP contribution < -0.4 is 0 Å². The first kappa shape index (κ1) is 13.9. The van der Waals surface area contributed by atoms with E-state index in [1.165, 1.54) is 0 Å². The van der Waals surface area contributed by atoms with Gasteiger partial charge in [-0.3, -0.25) is 0 Å². The maximum atomic E-state index is 6.11. The summed E-state index contributed by atoms with van der Waals surface area (Å²) in [6.07, 6.45) is 1.31. The van der Waals surface area contributed by atoms with E-state index in [4.69, 9.17) is 18.8 Å². The van der Waals surface area contributed by atoms with E-state index in [0.717, 1.165) is 6.42 Å². The van der Waals surface area contributed by atoms with Gasteiger partial charge in [-0.25, -0.2) is 0 Å². The van der Waals surface area contributed by atoms with Crippen LogP contribution in [0.25, 0.3) is 0 Å². The predicted molar refractivity (Wildman–Crippen MR) is 72.8 cm³/mol. The van der Waals surface area contributed by atoms with Gasteiger partial charge in [-0.2, -0.15) is 0 Å². The third-order valence-corrected chi connectivity index (χ3v) is 5.02. The van der Waals surface area contributed by atoms with Crippen LogP contribution in [-0.2, 0) is 18.8 Å². The minimum atomic E-state index is -0.437. The Hall–Kier alpha value is -0.0951.